The Morgan fingerprint density at radius 1 is 1.20 bits per heavy atom. The summed E-state index contributed by atoms with van der Waals surface area (Å²) in [6.07, 6.45) is 1.59. The zero-order valence-electron chi connectivity index (χ0n) is 11.9. The summed E-state index contributed by atoms with van der Waals surface area (Å²) in [5, 5.41) is 0. The van der Waals surface area contributed by atoms with Gasteiger partial charge in [-0.25, -0.2) is 0 Å². The monoisotopic (exact) mass is 275 g/mol. The van der Waals surface area contributed by atoms with E-state index < -0.39 is 0 Å². The van der Waals surface area contributed by atoms with Crippen LogP contribution >= 0.6 is 0 Å². The lowest BCUT2D eigenvalue weighted by molar-refractivity contribution is -0.148. The lowest BCUT2D eigenvalue weighted by atomic mass is 10.1. The Hall–Kier alpha value is -1.39. The van der Waals surface area contributed by atoms with Crippen molar-refractivity contribution in [1.29, 1.82) is 0 Å². The minimum absolute atomic E-state index is 0.0188. The van der Waals surface area contributed by atoms with Crippen molar-refractivity contribution in [3.63, 3.8) is 0 Å². The van der Waals surface area contributed by atoms with Gasteiger partial charge in [0.1, 0.15) is 12.2 Å². The lowest BCUT2D eigenvalue weighted by Gasteiger charge is -2.34. The molecule has 108 valence electrons. The lowest BCUT2D eigenvalue weighted by Crippen LogP contribution is -2.46. The van der Waals surface area contributed by atoms with Crippen LogP contribution in [-0.4, -0.2) is 43.2 Å². The van der Waals surface area contributed by atoms with Crippen LogP contribution in [0.25, 0.3) is 0 Å². The van der Waals surface area contributed by atoms with Crippen LogP contribution < -0.4 is 0 Å². The van der Waals surface area contributed by atoms with E-state index in [1.807, 2.05) is 4.90 Å². The van der Waals surface area contributed by atoms with E-state index in [0.717, 1.165) is 18.4 Å². The Labute approximate surface area is 119 Å². The molecule has 1 amide bonds. The quantitative estimate of drug-likeness (QED) is 0.829. The second-order valence-electron chi connectivity index (χ2n) is 5.56. The van der Waals surface area contributed by atoms with Crippen molar-refractivity contribution >= 4 is 5.91 Å². The molecule has 1 aromatic rings. The van der Waals surface area contributed by atoms with Crippen molar-refractivity contribution in [2.24, 2.45) is 0 Å². The second-order valence-corrected chi connectivity index (χ2v) is 5.56. The molecule has 2 aliphatic rings. The maximum absolute atomic E-state index is 12.4. The summed E-state index contributed by atoms with van der Waals surface area (Å²) < 4.78 is 11.3. The van der Waals surface area contributed by atoms with Gasteiger partial charge in [0.05, 0.1) is 13.2 Å². The van der Waals surface area contributed by atoms with Gasteiger partial charge in [0.15, 0.2) is 0 Å². The van der Waals surface area contributed by atoms with E-state index in [0.29, 0.717) is 26.3 Å². The van der Waals surface area contributed by atoms with Gasteiger partial charge in [0, 0.05) is 13.2 Å². The minimum atomic E-state index is -0.230. The van der Waals surface area contributed by atoms with Crippen molar-refractivity contribution in [1.82, 2.24) is 4.90 Å². The largest absolute Gasteiger partial charge is 0.370 e. The van der Waals surface area contributed by atoms with Gasteiger partial charge in [-0.15, -0.1) is 0 Å². The average molecular weight is 275 g/mol. The number of rotatable bonds is 2. The number of amides is 1. The number of aryl methyl sites for hydroxylation is 1. The Kier molecular flexibility index (Phi) is 4.03. The van der Waals surface area contributed by atoms with Gasteiger partial charge in [-0.2, -0.15) is 0 Å². The van der Waals surface area contributed by atoms with E-state index in [9.17, 15) is 4.79 Å². The topological polar surface area (TPSA) is 38.8 Å². The fraction of sp³-hybridized carbons (Fsp3) is 0.562. The predicted molar refractivity (Wildman–Crippen MR) is 75.4 cm³/mol. The molecule has 0 aliphatic carbocycles. The summed E-state index contributed by atoms with van der Waals surface area (Å²) in [7, 11) is 0. The van der Waals surface area contributed by atoms with E-state index in [2.05, 4.69) is 31.2 Å². The van der Waals surface area contributed by atoms with E-state index in [1.54, 1.807) is 0 Å². The van der Waals surface area contributed by atoms with Gasteiger partial charge in [0.2, 0.25) is 0 Å². The first kappa shape index (κ1) is 13.6. The standard InChI is InChI=1S/C16H21NO3/c1-12-4-6-13(7-5-12)15-11-17(8-10-20-15)16(18)14-3-2-9-19-14/h4-7,14-15H,2-3,8-11H2,1H3. The number of benzene rings is 1. The minimum Gasteiger partial charge on any atom is -0.370 e. The van der Waals surface area contributed by atoms with Crippen LogP contribution in [0.1, 0.15) is 30.1 Å². The summed E-state index contributed by atoms with van der Waals surface area (Å²) in [6, 6.07) is 8.33. The predicted octanol–water partition coefficient (Wildman–Crippen LogP) is 2.07. The normalized spacial score (nSPS) is 26.8. The first-order valence-corrected chi connectivity index (χ1v) is 7.32. The number of carbonyl (C=O) groups is 1. The molecule has 0 spiro atoms. The number of morpholine rings is 1. The van der Waals surface area contributed by atoms with Crippen LogP contribution in [0.5, 0.6) is 0 Å². The van der Waals surface area contributed by atoms with Gasteiger partial charge in [-0.1, -0.05) is 29.8 Å². The maximum Gasteiger partial charge on any atom is 0.251 e. The molecule has 2 unspecified atom stereocenters. The Morgan fingerprint density at radius 3 is 2.70 bits per heavy atom. The van der Waals surface area contributed by atoms with Crippen molar-refractivity contribution in [3.8, 4) is 0 Å². The Morgan fingerprint density at radius 2 is 2.00 bits per heavy atom. The molecule has 20 heavy (non-hydrogen) atoms. The summed E-state index contributed by atoms with van der Waals surface area (Å²) in [4.78, 5) is 14.3. The van der Waals surface area contributed by atoms with E-state index >= 15 is 0 Å². The molecule has 2 saturated heterocycles. The molecule has 2 fully saturated rings. The summed E-state index contributed by atoms with van der Waals surface area (Å²) in [5.41, 5.74) is 2.37. The van der Waals surface area contributed by atoms with Gasteiger partial charge >= 0.3 is 0 Å². The summed E-state index contributed by atoms with van der Waals surface area (Å²) in [5.74, 6) is 0.128. The number of carbonyl (C=O) groups excluding carboxylic acids is 1. The maximum atomic E-state index is 12.4. The molecule has 0 radical (unpaired) electrons. The SMILES string of the molecule is Cc1ccc(C2CN(C(=O)C3CCCO3)CCO2)cc1. The van der Waals surface area contributed by atoms with E-state index in [4.69, 9.17) is 9.47 Å². The zero-order valence-corrected chi connectivity index (χ0v) is 11.9. The molecular formula is C16H21NO3. The summed E-state index contributed by atoms with van der Waals surface area (Å²) >= 11 is 0. The third kappa shape index (κ3) is 2.86. The van der Waals surface area contributed by atoms with E-state index in [-0.39, 0.29) is 18.1 Å². The first-order valence-electron chi connectivity index (χ1n) is 7.32. The van der Waals surface area contributed by atoms with E-state index in [1.165, 1.54) is 5.56 Å². The third-order valence-corrected chi connectivity index (χ3v) is 4.03. The van der Waals surface area contributed by atoms with Crippen LogP contribution in [0.15, 0.2) is 24.3 Å². The average Bonchev–Trinajstić information content (AvgIpc) is 3.01. The number of ether oxygens (including phenoxy) is 2. The number of hydrogen-bond acceptors (Lipinski definition) is 3. The van der Waals surface area contributed by atoms with Crippen LogP contribution in [0.3, 0.4) is 0 Å². The van der Waals surface area contributed by atoms with Crippen LogP contribution in [0.2, 0.25) is 0 Å². The first-order chi connectivity index (χ1) is 9.74. The van der Waals surface area contributed by atoms with Gasteiger partial charge in [0.25, 0.3) is 5.91 Å². The van der Waals surface area contributed by atoms with Gasteiger partial charge in [-0.05, 0) is 25.3 Å². The molecule has 3 rings (SSSR count). The zero-order chi connectivity index (χ0) is 13.9. The molecule has 2 aliphatic heterocycles. The van der Waals surface area contributed by atoms with Crippen molar-refractivity contribution in [2.75, 3.05) is 26.3 Å². The van der Waals surface area contributed by atoms with Crippen molar-refractivity contribution in [3.05, 3.63) is 35.4 Å². The highest BCUT2D eigenvalue weighted by Gasteiger charge is 2.32. The highest BCUT2D eigenvalue weighted by molar-refractivity contribution is 5.81. The number of nitrogens with zero attached hydrogens (tertiary/aromatic N) is 1. The Bertz CT molecular complexity index is 465. The molecule has 4 heteroatoms. The highest BCUT2D eigenvalue weighted by Crippen LogP contribution is 2.24. The smallest absolute Gasteiger partial charge is 0.251 e. The van der Waals surface area contributed by atoms with Crippen LogP contribution in [-0.2, 0) is 14.3 Å². The molecule has 0 bridgehead atoms. The Balaban J connectivity index is 1.66. The van der Waals surface area contributed by atoms with Crippen molar-refractivity contribution in [2.45, 2.75) is 32.0 Å². The van der Waals surface area contributed by atoms with Crippen LogP contribution in [0, 0.1) is 6.92 Å². The molecule has 0 N–H and O–H groups in total. The molecule has 2 atom stereocenters. The third-order valence-electron chi connectivity index (χ3n) is 4.03. The fourth-order valence-electron chi connectivity index (χ4n) is 2.81. The molecule has 4 nitrogen and oxygen atoms in total. The molecule has 1 aromatic carbocycles. The summed E-state index contributed by atoms with van der Waals surface area (Å²) in [6.45, 7) is 4.67. The second kappa shape index (κ2) is 5.94. The number of hydrogen-bond donors (Lipinski definition) is 0. The fourth-order valence-corrected chi connectivity index (χ4v) is 2.81. The highest BCUT2D eigenvalue weighted by atomic mass is 16.5. The van der Waals surface area contributed by atoms with Crippen molar-refractivity contribution < 1.29 is 14.3 Å². The van der Waals surface area contributed by atoms with Crippen LogP contribution in [0.4, 0.5) is 0 Å². The van der Waals surface area contributed by atoms with Gasteiger partial charge < -0.3 is 14.4 Å². The molecular weight excluding hydrogens is 254 g/mol. The molecule has 0 saturated carbocycles. The van der Waals surface area contributed by atoms with Gasteiger partial charge in [-0.3, -0.25) is 4.79 Å². The molecule has 0 aromatic heterocycles. The molecule has 2 heterocycles.